The third kappa shape index (κ3) is 3.73. The Kier molecular flexibility index (Phi) is 6.12. The molecule has 4 nitrogen and oxygen atoms in total. The Morgan fingerprint density at radius 3 is 1.88 bits per heavy atom. The normalized spacial score (nSPS) is 14.4. The lowest BCUT2D eigenvalue weighted by molar-refractivity contribution is 0.731. The van der Waals surface area contributed by atoms with Gasteiger partial charge in [-0.2, -0.15) is 0 Å². The number of hydrogen-bond donors (Lipinski definition) is 1. The van der Waals surface area contributed by atoms with Crippen LogP contribution in [0.2, 0.25) is 0 Å². The highest BCUT2D eigenvalue weighted by Crippen LogP contribution is 2.49. The SMILES string of the molecule is CC.c1ccc(C2NC(n3c4ccccc4c4c5ccccc5c5c6cccc7c8c9ccccc9ccc8n(c76)c5c43)=Nc3ccccc32)cc1. The molecular formula is C48H34N4. The fourth-order valence-corrected chi connectivity index (χ4v) is 9.09. The molecule has 0 bridgehead atoms. The summed E-state index contributed by atoms with van der Waals surface area (Å²) in [4.78, 5) is 5.42. The first-order valence-electron chi connectivity index (χ1n) is 18.3. The van der Waals surface area contributed by atoms with Gasteiger partial charge in [-0.05, 0) is 45.3 Å². The lowest BCUT2D eigenvalue weighted by Gasteiger charge is -2.28. The Morgan fingerprint density at radius 2 is 1.08 bits per heavy atom. The predicted molar refractivity (Wildman–Crippen MR) is 221 cm³/mol. The van der Waals surface area contributed by atoms with E-state index in [0.29, 0.717) is 0 Å². The molecule has 1 aliphatic heterocycles. The molecule has 1 N–H and O–H groups in total. The van der Waals surface area contributed by atoms with Crippen molar-refractivity contribution in [3.8, 4) is 0 Å². The smallest absolute Gasteiger partial charge is 0.209 e. The van der Waals surface area contributed by atoms with Crippen LogP contribution in [0.4, 0.5) is 5.69 Å². The van der Waals surface area contributed by atoms with Gasteiger partial charge in [0, 0.05) is 37.9 Å². The van der Waals surface area contributed by atoms with Crippen LogP contribution in [0.15, 0.2) is 163 Å². The Hall–Kier alpha value is -6.65. The van der Waals surface area contributed by atoms with Crippen LogP contribution in [0.25, 0.3) is 81.4 Å². The number of benzene rings is 8. The Balaban J connectivity index is 0.00000158. The topological polar surface area (TPSA) is 33.7 Å². The van der Waals surface area contributed by atoms with Crippen molar-refractivity contribution in [3.63, 3.8) is 0 Å². The van der Waals surface area contributed by atoms with Gasteiger partial charge in [-0.3, -0.25) is 4.57 Å². The molecule has 1 unspecified atom stereocenters. The minimum Gasteiger partial charge on any atom is -0.344 e. The maximum Gasteiger partial charge on any atom is 0.209 e. The van der Waals surface area contributed by atoms with E-state index in [9.17, 15) is 0 Å². The third-order valence-corrected chi connectivity index (χ3v) is 11.1. The molecule has 0 spiro atoms. The van der Waals surface area contributed by atoms with Crippen LogP contribution >= 0.6 is 0 Å². The van der Waals surface area contributed by atoms with Crippen molar-refractivity contribution >= 4 is 93.1 Å². The number of rotatable bonds is 1. The summed E-state index contributed by atoms with van der Waals surface area (Å²) in [5.41, 5.74) is 9.39. The first kappa shape index (κ1) is 29.1. The van der Waals surface area contributed by atoms with Crippen molar-refractivity contribution in [1.29, 1.82) is 0 Å². The molecule has 12 rings (SSSR count). The fourth-order valence-electron chi connectivity index (χ4n) is 9.09. The molecule has 0 saturated heterocycles. The van der Waals surface area contributed by atoms with Crippen LogP contribution in [0.1, 0.15) is 31.0 Å². The van der Waals surface area contributed by atoms with Crippen LogP contribution in [0.5, 0.6) is 0 Å². The first-order valence-corrected chi connectivity index (χ1v) is 18.3. The van der Waals surface area contributed by atoms with Crippen molar-refractivity contribution in [2.75, 3.05) is 0 Å². The summed E-state index contributed by atoms with van der Waals surface area (Å²) in [6.07, 6.45) is 0. The minimum absolute atomic E-state index is 0.0488. The van der Waals surface area contributed by atoms with Gasteiger partial charge in [-0.1, -0.05) is 153 Å². The molecule has 0 fully saturated rings. The van der Waals surface area contributed by atoms with E-state index in [1.54, 1.807) is 0 Å². The lowest BCUT2D eigenvalue weighted by atomic mass is 9.96. The standard InChI is InChI=1S/C46H28N4.C2H6/c1-2-14-28(15-3-1)42-32-19-8-10-23-36(32)47-46(48-42)50-37-24-11-9-20-33(37)40-30-17-6-7-18-31(30)41-35-22-12-21-34-39-29-16-5-4-13-27(29)25-26-38(39)49(43(34)35)44(41)45(40)50;1-2/h1-26,42H,(H,47,48);1-2H3. The van der Waals surface area contributed by atoms with Crippen molar-refractivity contribution in [2.45, 2.75) is 19.9 Å². The maximum absolute atomic E-state index is 5.42. The average Bonchev–Trinajstić information content (AvgIpc) is 3.87. The first-order chi connectivity index (χ1) is 25.8. The fraction of sp³-hybridized carbons (Fsp3) is 0.0625. The zero-order valence-electron chi connectivity index (χ0n) is 28.9. The Labute approximate surface area is 300 Å². The van der Waals surface area contributed by atoms with E-state index < -0.39 is 0 Å². The van der Waals surface area contributed by atoms with Crippen molar-refractivity contribution in [3.05, 3.63) is 169 Å². The molecule has 4 heterocycles. The summed E-state index contributed by atoms with van der Waals surface area (Å²) < 4.78 is 4.96. The van der Waals surface area contributed by atoms with Gasteiger partial charge in [0.15, 0.2) is 0 Å². The zero-order chi connectivity index (χ0) is 34.5. The largest absolute Gasteiger partial charge is 0.344 e. The van der Waals surface area contributed by atoms with E-state index in [1.165, 1.54) is 87.1 Å². The number of nitrogens with zero attached hydrogens (tertiary/aromatic N) is 3. The molecule has 1 atom stereocenters. The van der Waals surface area contributed by atoms with Gasteiger partial charge in [-0.25, -0.2) is 4.99 Å². The highest BCUT2D eigenvalue weighted by molar-refractivity contribution is 6.40. The second-order valence-electron chi connectivity index (χ2n) is 13.5. The van der Waals surface area contributed by atoms with Crippen LogP contribution in [-0.2, 0) is 0 Å². The van der Waals surface area contributed by atoms with E-state index in [-0.39, 0.29) is 6.04 Å². The number of aliphatic imine (C=N–C) groups is 1. The van der Waals surface area contributed by atoms with Crippen LogP contribution in [0, 0.1) is 0 Å². The van der Waals surface area contributed by atoms with E-state index in [1.807, 2.05) is 13.8 Å². The van der Waals surface area contributed by atoms with E-state index >= 15 is 0 Å². The van der Waals surface area contributed by atoms with E-state index in [2.05, 4.69) is 172 Å². The summed E-state index contributed by atoms with van der Waals surface area (Å²) in [7, 11) is 0. The van der Waals surface area contributed by atoms with Gasteiger partial charge in [0.1, 0.15) is 0 Å². The molecule has 0 radical (unpaired) electrons. The molecule has 8 aromatic carbocycles. The second-order valence-corrected chi connectivity index (χ2v) is 13.5. The highest BCUT2D eigenvalue weighted by atomic mass is 15.2. The molecule has 246 valence electrons. The molecule has 4 heteroatoms. The number of hydrogen-bond acceptors (Lipinski definition) is 2. The number of para-hydroxylation sites is 3. The predicted octanol–water partition coefficient (Wildman–Crippen LogP) is 12.5. The Morgan fingerprint density at radius 1 is 0.462 bits per heavy atom. The van der Waals surface area contributed by atoms with Gasteiger partial charge in [0.25, 0.3) is 0 Å². The summed E-state index contributed by atoms with van der Waals surface area (Å²) >= 11 is 0. The monoisotopic (exact) mass is 666 g/mol. The average molecular weight is 667 g/mol. The Bertz CT molecular complexity index is 3240. The van der Waals surface area contributed by atoms with Gasteiger partial charge in [-0.15, -0.1) is 0 Å². The van der Waals surface area contributed by atoms with Gasteiger partial charge in [0.05, 0.1) is 39.3 Å². The zero-order valence-corrected chi connectivity index (χ0v) is 28.9. The summed E-state index contributed by atoms with van der Waals surface area (Å²) in [6.45, 7) is 4.00. The van der Waals surface area contributed by atoms with Gasteiger partial charge in [0.2, 0.25) is 5.96 Å². The quantitative estimate of drug-likeness (QED) is 0.186. The molecule has 1 aliphatic rings. The second kappa shape index (κ2) is 10.9. The molecule has 0 amide bonds. The summed E-state index contributed by atoms with van der Waals surface area (Å²) in [5.74, 6) is 0.829. The molecule has 52 heavy (non-hydrogen) atoms. The summed E-state index contributed by atoms with van der Waals surface area (Å²) in [5, 5.41) is 16.6. The van der Waals surface area contributed by atoms with Crippen molar-refractivity contribution < 1.29 is 0 Å². The number of fused-ring (bicyclic) bond motifs is 16. The van der Waals surface area contributed by atoms with E-state index in [0.717, 1.165) is 17.2 Å². The highest BCUT2D eigenvalue weighted by Gasteiger charge is 2.30. The molecule has 0 aliphatic carbocycles. The van der Waals surface area contributed by atoms with Gasteiger partial charge < -0.3 is 9.72 Å². The van der Waals surface area contributed by atoms with Crippen molar-refractivity contribution in [1.82, 2.24) is 14.3 Å². The van der Waals surface area contributed by atoms with E-state index in [4.69, 9.17) is 4.99 Å². The molecule has 0 saturated carbocycles. The minimum atomic E-state index is -0.0488. The number of aromatic nitrogens is 2. The molecule has 11 aromatic rings. The maximum atomic E-state index is 5.42. The van der Waals surface area contributed by atoms with Crippen LogP contribution in [0.3, 0.4) is 0 Å². The van der Waals surface area contributed by atoms with Crippen LogP contribution < -0.4 is 5.32 Å². The van der Waals surface area contributed by atoms with Crippen molar-refractivity contribution in [2.24, 2.45) is 4.99 Å². The molecular weight excluding hydrogens is 633 g/mol. The third-order valence-electron chi connectivity index (χ3n) is 11.1. The van der Waals surface area contributed by atoms with Gasteiger partial charge >= 0.3 is 0 Å². The number of nitrogens with one attached hydrogen (secondary N) is 1. The van der Waals surface area contributed by atoms with Crippen LogP contribution in [-0.4, -0.2) is 14.9 Å². The molecule has 3 aromatic heterocycles. The lowest BCUT2D eigenvalue weighted by Crippen LogP contribution is -2.36. The summed E-state index contributed by atoms with van der Waals surface area (Å²) in [6, 6.07) is 57.3.